The summed E-state index contributed by atoms with van der Waals surface area (Å²) in [5.74, 6) is -0.361. The minimum Gasteiger partial charge on any atom is -0.328 e. The van der Waals surface area contributed by atoms with E-state index in [0.29, 0.717) is 30.2 Å². The van der Waals surface area contributed by atoms with Gasteiger partial charge in [0.2, 0.25) is 0 Å². The first-order chi connectivity index (χ1) is 13.1. The summed E-state index contributed by atoms with van der Waals surface area (Å²) in [4.78, 5) is 24.6. The molecule has 1 amide bonds. The van der Waals surface area contributed by atoms with Crippen molar-refractivity contribution in [2.45, 2.75) is 13.0 Å². The van der Waals surface area contributed by atoms with Gasteiger partial charge < -0.3 is 10.2 Å². The highest BCUT2D eigenvalue weighted by molar-refractivity contribution is 7.17. The van der Waals surface area contributed by atoms with Gasteiger partial charge in [0.25, 0.3) is 5.91 Å². The molecule has 1 unspecified atom stereocenters. The molecule has 5 nitrogen and oxygen atoms in total. The van der Waals surface area contributed by atoms with E-state index in [2.05, 4.69) is 15.3 Å². The molecule has 1 aliphatic heterocycles. The molecule has 0 spiro atoms. The number of halogens is 1. The first-order valence-electron chi connectivity index (χ1n) is 8.79. The molecule has 1 fully saturated rings. The van der Waals surface area contributed by atoms with Gasteiger partial charge in [-0.25, -0.2) is 9.37 Å². The Morgan fingerprint density at radius 3 is 2.96 bits per heavy atom. The molecule has 0 aliphatic carbocycles. The SMILES string of the molecule is Cc1nc(-c2ccccn2)sc1C(=O)N1CCNCC1c1cccc(F)c1. The third kappa shape index (κ3) is 3.61. The average molecular weight is 382 g/mol. The van der Waals surface area contributed by atoms with Gasteiger partial charge in [-0.15, -0.1) is 11.3 Å². The fraction of sp³-hybridized carbons (Fsp3) is 0.250. The van der Waals surface area contributed by atoms with Crippen molar-refractivity contribution in [1.29, 1.82) is 0 Å². The molecule has 0 bridgehead atoms. The van der Waals surface area contributed by atoms with Crippen molar-refractivity contribution in [3.8, 4) is 10.7 Å². The second-order valence-corrected chi connectivity index (χ2v) is 7.42. The number of nitrogens with one attached hydrogen (secondary N) is 1. The van der Waals surface area contributed by atoms with Crippen molar-refractivity contribution in [3.63, 3.8) is 0 Å². The Morgan fingerprint density at radius 1 is 1.30 bits per heavy atom. The number of carbonyl (C=O) groups is 1. The number of hydrogen-bond acceptors (Lipinski definition) is 5. The summed E-state index contributed by atoms with van der Waals surface area (Å²) >= 11 is 1.36. The monoisotopic (exact) mass is 382 g/mol. The number of aromatic nitrogens is 2. The number of hydrogen-bond donors (Lipinski definition) is 1. The van der Waals surface area contributed by atoms with E-state index in [-0.39, 0.29) is 17.8 Å². The third-order valence-electron chi connectivity index (χ3n) is 4.61. The van der Waals surface area contributed by atoms with Crippen LogP contribution in [-0.4, -0.2) is 40.4 Å². The number of rotatable bonds is 3. The van der Waals surface area contributed by atoms with E-state index in [1.807, 2.05) is 36.1 Å². The van der Waals surface area contributed by atoms with Gasteiger partial charge in [0.05, 0.1) is 17.4 Å². The lowest BCUT2D eigenvalue weighted by atomic mass is 10.0. The van der Waals surface area contributed by atoms with Crippen molar-refractivity contribution in [2.24, 2.45) is 0 Å². The van der Waals surface area contributed by atoms with E-state index in [1.54, 1.807) is 12.3 Å². The second kappa shape index (κ2) is 7.54. The van der Waals surface area contributed by atoms with Gasteiger partial charge in [-0.1, -0.05) is 18.2 Å². The normalized spacial score (nSPS) is 17.1. The number of nitrogens with zero attached hydrogens (tertiary/aromatic N) is 3. The maximum absolute atomic E-state index is 13.7. The van der Waals surface area contributed by atoms with Crippen LogP contribution < -0.4 is 5.32 Å². The molecule has 0 radical (unpaired) electrons. The van der Waals surface area contributed by atoms with Gasteiger partial charge in [0.15, 0.2) is 0 Å². The quantitative estimate of drug-likeness (QED) is 0.754. The minimum absolute atomic E-state index is 0.0667. The summed E-state index contributed by atoms with van der Waals surface area (Å²) in [6, 6.07) is 11.9. The van der Waals surface area contributed by atoms with Crippen molar-refractivity contribution in [3.05, 3.63) is 70.6 Å². The van der Waals surface area contributed by atoms with Gasteiger partial charge in [0.1, 0.15) is 15.7 Å². The van der Waals surface area contributed by atoms with Gasteiger partial charge in [-0.3, -0.25) is 9.78 Å². The molecule has 7 heteroatoms. The number of benzene rings is 1. The van der Waals surface area contributed by atoms with Gasteiger partial charge in [-0.05, 0) is 36.8 Å². The zero-order valence-corrected chi connectivity index (χ0v) is 15.7. The largest absolute Gasteiger partial charge is 0.328 e. The van der Waals surface area contributed by atoms with Gasteiger partial charge >= 0.3 is 0 Å². The molecule has 1 saturated heterocycles. The Kier molecular flexibility index (Phi) is 4.96. The van der Waals surface area contributed by atoms with Crippen LogP contribution >= 0.6 is 11.3 Å². The first-order valence-corrected chi connectivity index (χ1v) is 9.61. The molecule has 2 aromatic heterocycles. The van der Waals surface area contributed by atoms with E-state index in [9.17, 15) is 9.18 Å². The second-order valence-electron chi connectivity index (χ2n) is 6.42. The van der Waals surface area contributed by atoms with Crippen molar-refractivity contribution >= 4 is 17.2 Å². The maximum atomic E-state index is 13.7. The highest BCUT2D eigenvalue weighted by atomic mass is 32.1. The number of aryl methyl sites for hydroxylation is 1. The van der Waals surface area contributed by atoms with Crippen LogP contribution in [0, 0.1) is 12.7 Å². The van der Waals surface area contributed by atoms with E-state index in [4.69, 9.17) is 0 Å². The molecule has 27 heavy (non-hydrogen) atoms. The maximum Gasteiger partial charge on any atom is 0.266 e. The molecule has 0 saturated carbocycles. The van der Waals surface area contributed by atoms with Crippen molar-refractivity contribution in [2.75, 3.05) is 19.6 Å². The van der Waals surface area contributed by atoms with Crippen LogP contribution in [0.1, 0.15) is 27.0 Å². The Bertz CT molecular complexity index is 960. The lowest BCUT2D eigenvalue weighted by Gasteiger charge is -2.36. The fourth-order valence-corrected chi connectivity index (χ4v) is 4.28. The van der Waals surface area contributed by atoms with E-state index in [0.717, 1.165) is 16.3 Å². The summed E-state index contributed by atoms with van der Waals surface area (Å²) in [7, 11) is 0. The summed E-state index contributed by atoms with van der Waals surface area (Å²) in [5, 5.41) is 4.03. The zero-order valence-electron chi connectivity index (χ0n) is 14.9. The van der Waals surface area contributed by atoms with Crippen LogP contribution in [-0.2, 0) is 0 Å². The predicted octanol–water partition coefficient (Wildman–Crippen LogP) is 3.44. The lowest BCUT2D eigenvalue weighted by molar-refractivity contribution is 0.0638. The molecule has 138 valence electrons. The Labute approximate surface area is 160 Å². The highest BCUT2D eigenvalue weighted by Crippen LogP contribution is 2.31. The van der Waals surface area contributed by atoms with Gasteiger partial charge in [-0.2, -0.15) is 0 Å². The molecular weight excluding hydrogens is 363 g/mol. The molecule has 1 N–H and O–H groups in total. The predicted molar refractivity (Wildman–Crippen MR) is 103 cm³/mol. The van der Waals surface area contributed by atoms with Crippen LogP contribution in [0.4, 0.5) is 4.39 Å². The smallest absolute Gasteiger partial charge is 0.266 e. The molecule has 3 aromatic rings. The summed E-state index contributed by atoms with van der Waals surface area (Å²) < 4.78 is 13.7. The Balaban J connectivity index is 1.65. The van der Waals surface area contributed by atoms with Crippen molar-refractivity contribution < 1.29 is 9.18 Å². The topological polar surface area (TPSA) is 58.1 Å². The molecule has 1 aliphatic rings. The third-order valence-corrected chi connectivity index (χ3v) is 5.78. The number of amides is 1. The fourth-order valence-electron chi connectivity index (χ4n) is 3.28. The number of piperazine rings is 1. The van der Waals surface area contributed by atoms with Crippen LogP contribution in [0.15, 0.2) is 48.7 Å². The number of carbonyl (C=O) groups excluding carboxylic acids is 1. The first kappa shape index (κ1) is 17.8. The van der Waals surface area contributed by atoms with Crippen LogP contribution in [0.2, 0.25) is 0 Å². The van der Waals surface area contributed by atoms with E-state index in [1.165, 1.54) is 23.5 Å². The van der Waals surface area contributed by atoms with E-state index >= 15 is 0 Å². The lowest BCUT2D eigenvalue weighted by Crippen LogP contribution is -2.48. The number of pyridine rings is 1. The molecular formula is C20H19FN4OS. The minimum atomic E-state index is -0.295. The molecule has 4 rings (SSSR count). The van der Waals surface area contributed by atoms with Gasteiger partial charge in [0, 0.05) is 25.8 Å². The Morgan fingerprint density at radius 2 is 2.19 bits per heavy atom. The Hall–Kier alpha value is -2.64. The summed E-state index contributed by atoms with van der Waals surface area (Å²) in [5.41, 5.74) is 2.25. The molecule has 1 aromatic carbocycles. The zero-order chi connectivity index (χ0) is 18.8. The van der Waals surface area contributed by atoms with Crippen LogP contribution in [0.25, 0.3) is 10.7 Å². The average Bonchev–Trinajstić information content (AvgIpc) is 3.10. The summed E-state index contributed by atoms with van der Waals surface area (Å²) in [6.07, 6.45) is 1.71. The van der Waals surface area contributed by atoms with E-state index < -0.39 is 0 Å². The standard InChI is InChI=1S/C20H19FN4OS/c1-13-18(27-19(24-13)16-7-2-3-8-23-16)20(26)25-10-9-22-12-17(25)14-5-4-6-15(21)11-14/h2-8,11,17,22H,9-10,12H2,1H3. The molecule has 1 atom stereocenters. The van der Waals surface area contributed by atoms with Crippen LogP contribution in [0.3, 0.4) is 0 Å². The van der Waals surface area contributed by atoms with Crippen LogP contribution in [0.5, 0.6) is 0 Å². The number of thiazole rings is 1. The highest BCUT2D eigenvalue weighted by Gasteiger charge is 2.31. The summed E-state index contributed by atoms with van der Waals surface area (Å²) in [6.45, 7) is 3.72. The molecule has 3 heterocycles. The van der Waals surface area contributed by atoms with Crippen molar-refractivity contribution in [1.82, 2.24) is 20.2 Å².